The van der Waals surface area contributed by atoms with Crippen LogP contribution in [-0.4, -0.2) is 18.0 Å². The Morgan fingerprint density at radius 3 is 2.46 bits per heavy atom. The molecule has 3 rings (SSSR count). The number of hydrogen-bond acceptors (Lipinski definition) is 4. The molecule has 0 saturated heterocycles. The van der Waals surface area contributed by atoms with E-state index in [0.29, 0.717) is 11.4 Å². The zero-order valence-electron chi connectivity index (χ0n) is 13.5. The van der Waals surface area contributed by atoms with E-state index in [1.807, 2.05) is 0 Å². The van der Waals surface area contributed by atoms with Crippen LogP contribution in [0.1, 0.15) is 26.5 Å². The van der Waals surface area contributed by atoms with E-state index >= 15 is 0 Å². The molecule has 6 nitrogen and oxygen atoms in total. The Morgan fingerprint density at radius 2 is 1.73 bits per heavy atom. The molecule has 0 aliphatic rings. The van der Waals surface area contributed by atoms with E-state index in [2.05, 4.69) is 15.8 Å². The average molecular weight is 351 g/mol. The molecule has 2 amide bonds. The Morgan fingerprint density at radius 1 is 0.962 bits per heavy atom. The number of halogens is 1. The Hall–Kier alpha value is -3.74. The van der Waals surface area contributed by atoms with E-state index in [9.17, 15) is 14.0 Å². The van der Waals surface area contributed by atoms with E-state index in [4.69, 9.17) is 4.42 Å². The van der Waals surface area contributed by atoms with Gasteiger partial charge in [-0.3, -0.25) is 9.59 Å². The first-order valence-electron chi connectivity index (χ1n) is 7.66. The van der Waals surface area contributed by atoms with Crippen molar-refractivity contribution in [1.29, 1.82) is 0 Å². The fourth-order valence-electron chi connectivity index (χ4n) is 2.17. The van der Waals surface area contributed by atoms with Gasteiger partial charge in [0, 0.05) is 5.56 Å². The molecule has 0 aliphatic heterocycles. The zero-order chi connectivity index (χ0) is 18.4. The lowest BCUT2D eigenvalue weighted by Gasteiger charge is -2.10. The Balaban J connectivity index is 1.72. The van der Waals surface area contributed by atoms with E-state index in [1.165, 1.54) is 36.7 Å². The molecular weight excluding hydrogens is 337 g/mol. The summed E-state index contributed by atoms with van der Waals surface area (Å²) in [5.41, 5.74) is 3.19. The second-order valence-corrected chi connectivity index (χ2v) is 5.22. The number of carbonyl (C=O) groups is 2. The molecule has 1 aromatic heterocycles. The van der Waals surface area contributed by atoms with E-state index < -0.39 is 17.6 Å². The van der Waals surface area contributed by atoms with Crippen LogP contribution in [0.15, 0.2) is 76.4 Å². The lowest BCUT2D eigenvalue weighted by molar-refractivity contribution is 0.0956. The molecule has 26 heavy (non-hydrogen) atoms. The van der Waals surface area contributed by atoms with Crippen molar-refractivity contribution in [3.8, 4) is 0 Å². The van der Waals surface area contributed by atoms with Crippen LogP contribution in [0.4, 0.5) is 10.1 Å². The normalized spacial score (nSPS) is 10.7. The summed E-state index contributed by atoms with van der Waals surface area (Å²) < 4.78 is 18.0. The molecule has 0 aliphatic carbocycles. The Kier molecular flexibility index (Phi) is 5.19. The summed E-state index contributed by atoms with van der Waals surface area (Å²) in [7, 11) is 0. The zero-order valence-corrected chi connectivity index (χ0v) is 13.5. The van der Waals surface area contributed by atoms with Gasteiger partial charge in [0.1, 0.15) is 11.6 Å². The van der Waals surface area contributed by atoms with Crippen molar-refractivity contribution in [3.63, 3.8) is 0 Å². The average Bonchev–Trinajstić information content (AvgIpc) is 3.16. The number of amides is 2. The highest BCUT2D eigenvalue weighted by Gasteiger charge is 2.13. The summed E-state index contributed by atoms with van der Waals surface area (Å²) in [5.74, 6) is -0.897. The molecule has 0 fully saturated rings. The molecule has 0 saturated carbocycles. The maximum Gasteiger partial charge on any atom is 0.273 e. The van der Waals surface area contributed by atoms with Crippen LogP contribution in [0.5, 0.6) is 0 Å². The van der Waals surface area contributed by atoms with Crippen molar-refractivity contribution in [2.24, 2.45) is 5.10 Å². The highest BCUT2D eigenvalue weighted by molar-refractivity contribution is 6.09. The van der Waals surface area contributed by atoms with E-state index in [-0.39, 0.29) is 11.1 Å². The topological polar surface area (TPSA) is 83.7 Å². The first-order valence-corrected chi connectivity index (χ1v) is 7.66. The third kappa shape index (κ3) is 4.21. The molecule has 0 unspecified atom stereocenters. The summed E-state index contributed by atoms with van der Waals surface area (Å²) in [6.07, 6.45) is 2.85. The summed E-state index contributed by atoms with van der Waals surface area (Å²) in [6, 6.07) is 15.0. The summed E-state index contributed by atoms with van der Waals surface area (Å²) in [5, 5.41) is 6.44. The molecule has 130 valence electrons. The van der Waals surface area contributed by atoms with Gasteiger partial charge < -0.3 is 9.73 Å². The number of anilines is 1. The van der Waals surface area contributed by atoms with Gasteiger partial charge in [-0.25, -0.2) is 9.82 Å². The molecule has 0 bridgehead atoms. The minimum absolute atomic E-state index is 0.236. The number of para-hydroxylation sites is 1. The highest BCUT2D eigenvalue weighted by Crippen LogP contribution is 2.16. The number of benzene rings is 2. The lowest BCUT2D eigenvalue weighted by Crippen LogP contribution is -2.21. The smallest absolute Gasteiger partial charge is 0.273 e. The first-order chi connectivity index (χ1) is 12.6. The van der Waals surface area contributed by atoms with E-state index in [0.717, 1.165) is 0 Å². The summed E-state index contributed by atoms with van der Waals surface area (Å²) >= 11 is 0. The van der Waals surface area contributed by atoms with Crippen LogP contribution in [-0.2, 0) is 0 Å². The van der Waals surface area contributed by atoms with Crippen LogP contribution in [0.3, 0.4) is 0 Å². The maximum atomic E-state index is 13.0. The van der Waals surface area contributed by atoms with Crippen molar-refractivity contribution in [3.05, 3.63) is 89.6 Å². The van der Waals surface area contributed by atoms with Crippen LogP contribution in [0.25, 0.3) is 0 Å². The number of hydrogen-bond donors (Lipinski definition) is 2. The minimum atomic E-state index is -0.497. The monoisotopic (exact) mass is 351 g/mol. The van der Waals surface area contributed by atoms with Gasteiger partial charge in [-0.1, -0.05) is 12.1 Å². The van der Waals surface area contributed by atoms with Gasteiger partial charge in [0.2, 0.25) is 0 Å². The van der Waals surface area contributed by atoms with Gasteiger partial charge >= 0.3 is 0 Å². The standard InChI is InChI=1S/C19H14FN3O3/c20-14-9-7-13(8-10-14)18(24)22-17-6-2-1-5-16(17)19(25)23-21-12-15-4-3-11-26-15/h1-12H,(H,22,24)(H,23,25)/b21-12-. The van der Waals surface area contributed by atoms with Crippen molar-refractivity contribution >= 4 is 23.7 Å². The maximum absolute atomic E-state index is 13.0. The molecular formula is C19H14FN3O3. The largest absolute Gasteiger partial charge is 0.463 e. The second kappa shape index (κ2) is 7.89. The van der Waals surface area contributed by atoms with Gasteiger partial charge in [0.25, 0.3) is 11.8 Å². The molecule has 0 radical (unpaired) electrons. The van der Waals surface area contributed by atoms with Gasteiger partial charge in [-0.05, 0) is 48.5 Å². The predicted octanol–water partition coefficient (Wildman–Crippen LogP) is 3.43. The van der Waals surface area contributed by atoms with Gasteiger partial charge in [-0.15, -0.1) is 0 Å². The molecule has 2 N–H and O–H groups in total. The SMILES string of the molecule is O=C(Nc1ccccc1C(=O)N/N=C\c1ccco1)c1ccc(F)cc1. The van der Waals surface area contributed by atoms with Crippen LogP contribution in [0, 0.1) is 5.82 Å². The second-order valence-electron chi connectivity index (χ2n) is 5.22. The molecule has 1 heterocycles. The fourth-order valence-corrected chi connectivity index (χ4v) is 2.17. The fraction of sp³-hybridized carbons (Fsp3) is 0. The van der Waals surface area contributed by atoms with Gasteiger partial charge in [-0.2, -0.15) is 5.10 Å². The molecule has 0 spiro atoms. The number of rotatable bonds is 5. The van der Waals surface area contributed by atoms with Gasteiger partial charge in [0.05, 0.1) is 23.7 Å². The van der Waals surface area contributed by atoms with Crippen LogP contribution in [0.2, 0.25) is 0 Å². The Bertz CT molecular complexity index is 935. The third-order valence-corrected chi connectivity index (χ3v) is 3.43. The minimum Gasteiger partial charge on any atom is -0.463 e. The van der Waals surface area contributed by atoms with Crippen molar-refractivity contribution < 1.29 is 18.4 Å². The lowest BCUT2D eigenvalue weighted by atomic mass is 10.1. The number of furan rings is 1. The van der Waals surface area contributed by atoms with Crippen molar-refractivity contribution in [2.75, 3.05) is 5.32 Å². The van der Waals surface area contributed by atoms with Crippen LogP contribution >= 0.6 is 0 Å². The number of nitrogens with zero attached hydrogens (tertiary/aromatic N) is 1. The summed E-state index contributed by atoms with van der Waals surface area (Å²) in [6.45, 7) is 0. The molecule has 7 heteroatoms. The number of carbonyl (C=O) groups excluding carboxylic acids is 2. The third-order valence-electron chi connectivity index (χ3n) is 3.43. The van der Waals surface area contributed by atoms with Gasteiger partial charge in [0.15, 0.2) is 0 Å². The van der Waals surface area contributed by atoms with Crippen molar-refractivity contribution in [1.82, 2.24) is 5.43 Å². The van der Waals surface area contributed by atoms with Crippen LogP contribution < -0.4 is 10.7 Å². The molecule has 0 atom stereocenters. The quantitative estimate of drug-likeness (QED) is 0.546. The van der Waals surface area contributed by atoms with E-state index in [1.54, 1.807) is 36.4 Å². The first kappa shape index (κ1) is 17.1. The molecule has 2 aromatic carbocycles. The Labute approximate surface area is 148 Å². The number of hydrazone groups is 1. The summed E-state index contributed by atoms with van der Waals surface area (Å²) in [4.78, 5) is 24.6. The number of nitrogens with one attached hydrogen (secondary N) is 2. The van der Waals surface area contributed by atoms with Crippen molar-refractivity contribution in [2.45, 2.75) is 0 Å². The molecule has 3 aromatic rings. The highest BCUT2D eigenvalue weighted by atomic mass is 19.1. The predicted molar refractivity (Wildman–Crippen MR) is 94.6 cm³/mol.